The molecule has 0 unspecified atom stereocenters. The van der Waals surface area contributed by atoms with Crippen LogP contribution in [0.3, 0.4) is 0 Å². The summed E-state index contributed by atoms with van der Waals surface area (Å²) < 4.78 is 1.21. The Kier molecular flexibility index (Phi) is 5.11. The van der Waals surface area contributed by atoms with Crippen molar-refractivity contribution in [1.29, 1.82) is 0 Å². The van der Waals surface area contributed by atoms with Crippen LogP contribution in [0, 0.1) is 6.92 Å². The average molecular weight is 385 g/mol. The van der Waals surface area contributed by atoms with Crippen LogP contribution in [0.5, 0.6) is 0 Å². The highest BCUT2D eigenvalue weighted by Gasteiger charge is 2.14. The Balaban J connectivity index is 1.67. The van der Waals surface area contributed by atoms with Crippen LogP contribution >= 0.6 is 0 Å². The Hall–Kier alpha value is -3.87. The number of pyridine rings is 2. The summed E-state index contributed by atoms with van der Waals surface area (Å²) in [6, 6.07) is 14.7. The van der Waals surface area contributed by atoms with Gasteiger partial charge >= 0.3 is 0 Å². The second kappa shape index (κ2) is 8.02. The van der Waals surface area contributed by atoms with E-state index in [2.05, 4.69) is 20.4 Å². The largest absolute Gasteiger partial charge is 0.309 e. The molecular weight excluding hydrogens is 366 g/mol. The van der Waals surface area contributed by atoms with Gasteiger partial charge in [0, 0.05) is 30.4 Å². The number of anilines is 1. The number of hydrogen-bond donors (Lipinski definition) is 1. The number of aryl methyl sites for hydroxylation is 1. The predicted octanol–water partition coefficient (Wildman–Crippen LogP) is 2.72. The molecule has 0 saturated carbocycles. The third-order valence-electron chi connectivity index (χ3n) is 4.54. The molecule has 3 heterocycles. The molecule has 0 aliphatic rings. The zero-order valence-corrected chi connectivity index (χ0v) is 15.9. The SMILES string of the molecule is Cc1ccnc(NC(=O)Cn2nc(Cc3ccncc3)c3ccccc3c2=O)c1. The summed E-state index contributed by atoms with van der Waals surface area (Å²) in [6.45, 7) is 1.72. The number of carbonyl (C=O) groups excluding carboxylic acids is 1. The van der Waals surface area contributed by atoms with E-state index in [0.717, 1.165) is 22.2 Å². The third-order valence-corrected chi connectivity index (χ3v) is 4.54. The van der Waals surface area contributed by atoms with Gasteiger partial charge in [0.15, 0.2) is 0 Å². The molecule has 144 valence electrons. The fraction of sp³-hybridized carbons (Fsp3) is 0.136. The first-order valence-electron chi connectivity index (χ1n) is 9.20. The zero-order valence-electron chi connectivity index (χ0n) is 15.9. The van der Waals surface area contributed by atoms with E-state index in [1.165, 1.54) is 4.68 Å². The first kappa shape index (κ1) is 18.5. The molecule has 1 N–H and O–H groups in total. The average Bonchev–Trinajstić information content (AvgIpc) is 2.72. The highest BCUT2D eigenvalue weighted by molar-refractivity contribution is 5.90. The first-order chi connectivity index (χ1) is 14.1. The van der Waals surface area contributed by atoms with Crippen molar-refractivity contribution in [3.8, 4) is 0 Å². The number of aromatic nitrogens is 4. The first-order valence-corrected chi connectivity index (χ1v) is 9.20. The van der Waals surface area contributed by atoms with Crippen molar-refractivity contribution in [2.24, 2.45) is 0 Å². The molecule has 0 atom stereocenters. The Morgan fingerprint density at radius 1 is 1.03 bits per heavy atom. The number of rotatable bonds is 5. The van der Waals surface area contributed by atoms with E-state index < -0.39 is 0 Å². The maximum absolute atomic E-state index is 12.9. The number of nitrogens with zero attached hydrogens (tertiary/aromatic N) is 4. The van der Waals surface area contributed by atoms with Crippen LogP contribution in [-0.4, -0.2) is 25.7 Å². The third kappa shape index (κ3) is 4.19. The summed E-state index contributed by atoms with van der Waals surface area (Å²) in [6.07, 6.45) is 5.59. The lowest BCUT2D eigenvalue weighted by Gasteiger charge is -2.11. The Bertz CT molecular complexity index is 1230. The van der Waals surface area contributed by atoms with Crippen LogP contribution in [0.1, 0.15) is 16.8 Å². The second-order valence-corrected chi connectivity index (χ2v) is 6.75. The molecular formula is C22H19N5O2. The van der Waals surface area contributed by atoms with Crippen molar-refractivity contribution in [1.82, 2.24) is 19.7 Å². The van der Waals surface area contributed by atoms with Crippen LogP contribution < -0.4 is 10.9 Å². The number of carbonyl (C=O) groups is 1. The molecule has 0 bridgehead atoms. The van der Waals surface area contributed by atoms with Crippen LogP contribution in [-0.2, 0) is 17.8 Å². The van der Waals surface area contributed by atoms with E-state index >= 15 is 0 Å². The summed E-state index contributed by atoms with van der Waals surface area (Å²) >= 11 is 0. The molecule has 3 aromatic heterocycles. The van der Waals surface area contributed by atoms with E-state index in [1.54, 1.807) is 36.8 Å². The lowest BCUT2D eigenvalue weighted by molar-refractivity contribution is -0.117. The van der Waals surface area contributed by atoms with Gasteiger partial charge in [0.25, 0.3) is 5.56 Å². The van der Waals surface area contributed by atoms with Gasteiger partial charge < -0.3 is 5.32 Å². The molecule has 29 heavy (non-hydrogen) atoms. The van der Waals surface area contributed by atoms with E-state index in [9.17, 15) is 9.59 Å². The molecule has 0 fully saturated rings. The smallest absolute Gasteiger partial charge is 0.275 e. The molecule has 7 nitrogen and oxygen atoms in total. The van der Waals surface area contributed by atoms with Gasteiger partial charge in [0.2, 0.25) is 5.91 Å². The van der Waals surface area contributed by atoms with Crippen LogP contribution in [0.2, 0.25) is 0 Å². The van der Waals surface area contributed by atoms with Gasteiger partial charge in [-0.3, -0.25) is 14.6 Å². The zero-order chi connectivity index (χ0) is 20.2. The Morgan fingerprint density at radius 2 is 1.79 bits per heavy atom. The molecule has 4 aromatic rings. The minimum Gasteiger partial charge on any atom is -0.309 e. The number of benzene rings is 1. The molecule has 0 saturated heterocycles. The van der Waals surface area contributed by atoms with Gasteiger partial charge in [-0.25, -0.2) is 9.67 Å². The molecule has 0 spiro atoms. The normalized spacial score (nSPS) is 10.8. The maximum atomic E-state index is 12.9. The topological polar surface area (TPSA) is 89.8 Å². The van der Waals surface area contributed by atoms with E-state index in [4.69, 9.17) is 0 Å². The lowest BCUT2D eigenvalue weighted by Crippen LogP contribution is -2.31. The van der Waals surface area contributed by atoms with Crippen molar-refractivity contribution in [2.45, 2.75) is 19.9 Å². The van der Waals surface area contributed by atoms with Gasteiger partial charge in [-0.2, -0.15) is 5.10 Å². The predicted molar refractivity (Wildman–Crippen MR) is 111 cm³/mol. The Labute approximate surface area is 167 Å². The monoisotopic (exact) mass is 385 g/mol. The highest BCUT2D eigenvalue weighted by Crippen LogP contribution is 2.16. The van der Waals surface area contributed by atoms with E-state index in [-0.39, 0.29) is 18.0 Å². The number of amides is 1. The second-order valence-electron chi connectivity index (χ2n) is 6.75. The van der Waals surface area contributed by atoms with Gasteiger partial charge in [-0.15, -0.1) is 0 Å². The van der Waals surface area contributed by atoms with Gasteiger partial charge in [-0.1, -0.05) is 18.2 Å². The van der Waals surface area contributed by atoms with Crippen molar-refractivity contribution in [3.63, 3.8) is 0 Å². The molecule has 4 rings (SSSR count). The minimum absolute atomic E-state index is 0.192. The maximum Gasteiger partial charge on any atom is 0.275 e. The van der Waals surface area contributed by atoms with Crippen LogP contribution in [0.4, 0.5) is 5.82 Å². The van der Waals surface area contributed by atoms with Crippen LogP contribution in [0.15, 0.2) is 71.9 Å². The quantitative estimate of drug-likeness (QED) is 0.571. The molecule has 0 aliphatic heterocycles. The summed E-state index contributed by atoms with van der Waals surface area (Å²) in [5.74, 6) is 0.0867. The van der Waals surface area contributed by atoms with Gasteiger partial charge in [0.05, 0.1) is 11.1 Å². The molecule has 1 amide bonds. The molecule has 0 aliphatic carbocycles. The fourth-order valence-electron chi connectivity index (χ4n) is 3.16. The van der Waals surface area contributed by atoms with Crippen molar-refractivity contribution in [3.05, 3.63) is 94.3 Å². The standard InChI is InChI=1S/C22H19N5O2/c1-15-6-11-24-20(12-15)25-21(28)14-27-22(29)18-5-3-2-4-17(18)19(26-27)13-16-7-9-23-10-8-16/h2-12H,13-14H2,1H3,(H,24,25,28). The number of fused-ring (bicyclic) bond motifs is 1. The van der Waals surface area contributed by atoms with E-state index in [1.807, 2.05) is 37.3 Å². The fourth-order valence-corrected chi connectivity index (χ4v) is 3.16. The van der Waals surface area contributed by atoms with Crippen LogP contribution in [0.25, 0.3) is 10.8 Å². The van der Waals surface area contributed by atoms with Crippen molar-refractivity contribution >= 4 is 22.5 Å². The van der Waals surface area contributed by atoms with Gasteiger partial charge in [0.1, 0.15) is 12.4 Å². The van der Waals surface area contributed by atoms with Gasteiger partial charge in [-0.05, 0) is 48.4 Å². The summed E-state index contributed by atoms with van der Waals surface area (Å²) in [4.78, 5) is 33.5. The highest BCUT2D eigenvalue weighted by atomic mass is 16.2. The molecule has 1 aromatic carbocycles. The van der Waals surface area contributed by atoms with Crippen molar-refractivity contribution < 1.29 is 4.79 Å². The van der Waals surface area contributed by atoms with Crippen molar-refractivity contribution in [2.75, 3.05) is 5.32 Å². The lowest BCUT2D eigenvalue weighted by atomic mass is 10.1. The summed E-state index contributed by atoms with van der Waals surface area (Å²) in [7, 11) is 0. The molecule has 0 radical (unpaired) electrons. The number of nitrogens with one attached hydrogen (secondary N) is 1. The Morgan fingerprint density at radius 3 is 2.55 bits per heavy atom. The number of hydrogen-bond acceptors (Lipinski definition) is 5. The summed E-state index contributed by atoms with van der Waals surface area (Å²) in [5.41, 5.74) is 2.44. The summed E-state index contributed by atoms with van der Waals surface area (Å²) in [5, 5.41) is 8.53. The molecule has 7 heteroatoms. The van der Waals surface area contributed by atoms with E-state index in [0.29, 0.717) is 17.6 Å². The minimum atomic E-state index is -0.358.